The zero-order valence-electron chi connectivity index (χ0n) is 37.2. The second-order valence-corrected chi connectivity index (χ2v) is 16.6. The van der Waals surface area contributed by atoms with E-state index in [1.165, 1.54) is 12.0 Å². The summed E-state index contributed by atoms with van der Waals surface area (Å²) >= 11 is 0. The van der Waals surface area contributed by atoms with E-state index < -0.39 is 90.8 Å². The Kier molecular flexibility index (Phi) is 19.2. The number of ether oxygens (including phenoxy) is 1. The zero-order valence-corrected chi connectivity index (χ0v) is 37.2. The molecule has 21 heteroatoms. The van der Waals surface area contributed by atoms with Gasteiger partial charge < -0.3 is 63.0 Å². The quantitative estimate of drug-likeness (QED) is 0.0255. The third-order valence-corrected chi connectivity index (χ3v) is 11.9. The summed E-state index contributed by atoms with van der Waals surface area (Å²) in [6.45, 7) is 0.126. The molecular weight excluding hydrogens is 855 g/mol. The van der Waals surface area contributed by atoms with Gasteiger partial charge in [0.15, 0.2) is 5.96 Å². The summed E-state index contributed by atoms with van der Waals surface area (Å²) in [4.78, 5) is 115. The Morgan fingerprint density at radius 3 is 1.88 bits per heavy atom. The van der Waals surface area contributed by atoms with Gasteiger partial charge in [-0.25, -0.2) is 4.79 Å². The van der Waals surface area contributed by atoms with Crippen LogP contribution in [0.1, 0.15) is 62.5 Å². The monoisotopic (exact) mass is 917 g/mol. The van der Waals surface area contributed by atoms with Crippen LogP contribution >= 0.6 is 0 Å². The van der Waals surface area contributed by atoms with Gasteiger partial charge in [-0.3, -0.25) is 38.6 Å². The summed E-state index contributed by atoms with van der Waals surface area (Å²) in [7, 11) is 1.18. The van der Waals surface area contributed by atoms with E-state index in [1.54, 1.807) is 65.6 Å². The number of methoxy groups -OCH3 is 1. The fourth-order valence-electron chi connectivity index (χ4n) is 8.44. The molecule has 0 aromatic heterocycles. The average Bonchev–Trinajstić information content (AvgIpc) is 4.14. The van der Waals surface area contributed by atoms with Crippen molar-refractivity contribution in [3.63, 3.8) is 0 Å². The first kappa shape index (κ1) is 50.4. The van der Waals surface area contributed by atoms with Crippen LogP contribution in [0.3, 0.4) is 0 Å². The van der Waals surface area contributed by atoms with Gasteiger partial charge in [-0.2, -0.15) is 0 Å². The summed E-state index contributed by atoms with van der Waals surface area (Å²) in [5, 5.41) is 26.8. The second-order valence-electron chi connectivity index (χ2n) is 16.6. The third kappa shape index (κ3) is 14.4. The van der Waals surface area contributed by atoms with Crippen molar-refractivity contribution in [1.82, 2.24) is 41.7 Å². The summed E-state index contributed by atoms with van der Waals surface area (Å²) in [6.07, 6.45) is 3.75. The maximum Gasteiger partial charge on any atom is 0.328 e. The first-order chi connectivity index (χ1) is 31.8. The van der Waals surface area contributed by atoms with Crippen LogP contribution in [0.5, 0.6) is 0 Å². The number of guanidine groups is 1. The number of nitrogens with one attached hydrogen (secondary N) is 6. The number of nitrogens with two attached hydrogens (primary N) is 2. The molecule has 0 saturated carbocycles. The van der Waals surface area contributed by atoms with E-state index in [4.69, 9.17) is 16.2 Å². The molecule has 3 aliphatic heterocycles. The predicted octanol–water partition coefficient (Wildman–Crippen LogP) is -2.52. The third-order valence-electron chi connectivity index (χ3n) is 11.9. The average molecular weight is 918 g/mol. The Hall–Kier alpha value is -6.61. The van der Waals surface area contributed by atoms with Crippen molar-refractivity contribution in [3.8, 4) is 0 Å². The number of carbonyl (C=O) groups excluding carboxylic acids is 8. The van der Waals surface area contributed by atoms with Crippen molar-refractivity contribution in [1.29, 1.82) is 0 Å². The maximum absolute atomic E-state index is 14.1. The second kappa shape index (κ2) is 25.2. The van der Waals surface area contributed by atoms with Crippen molar-refractivity contribution >= 4 is 53.3 Å². The number of aliphatic hydroxyl groups is 1. The number of likely N-dealkylation sites (tertiary alicyclic amines) is 2. The SMILES string of the molecule is COC(=O)[C@H](CCCN=C(N)N)NC(=O)[C@H](Cc1ccccc1)NC(=O)[C@@H]1CCCN1C(=O)[C@H](CO)NC(=O)[C@H](Cc1ccccc1)NC(=O)CNC(=O)[C@@H]1CCCN1C(=O)[C@@H]1CCCN1. The molecule has 0 aliphatic carbocycles. The van der Waals surface area contributed by atoms with E-state index in [0.29, 0.717) is 49.8 Å². The number of hydrogen-bond donors (Lipinski definition) is 9. The van der Waals surface area contributed by atoms with Crippen LogP contribution in [0.25, 0.3) is 0 Å². The number of nitrogens with zero attached hydrogens (tertiary/aromatic N) is 3. The highest BCUT2D eigenvalue weighted by Gasteiger charge is 2.41. The highest BCUT2D eigenvalue weighted by Crippen LogP contribution is 2.22. The number of aliphatic hydroxyl groups excluding tert-OH is 1. The summed E-state index contributed by atoms with van der Waals surface area (Å²) in [5.74, 6) is -5.08. The van der Waals surface area contributed by atoms with Crippen molar-refractivity contribution in [2.45, 2.75) is 107 Å². The molecule has 21 nitrogen and oxygen atoms in total. The van der Waals surface area contributed by atoms with Crippen molar-refractivity contribution < 1.29 is 48.2 Å². The van der Waals surface area contributed by atoms with Crippen molar-refractivity contribution in [2.24, 2.45) is 16.5 Å². The molecule has 2 aromatic carbocycles. The Morgan fingerprint density at radius 2 is 1.32 bits per heavy atom. The fraction of sp³-hybridized carbons (Fsp3) is 0.533. The van der Waals surface area contributed by atoms with Gasteiger partial charge in [-0.15, -0.1) is 0 Å². The normalized spacial score (nSPS) is 19.6. The van der Waals surface area contributed by atoms with Crippen molar-refractivity contribution in [3.05, 3.63) is 71.8 Å². The topological polar surface area (TPSA) is 309 Å². The van der Waals surface area contributed by atoms with Crippen LogP contribution in [0.15, 0.2) is 65.7 Å². The summed E-state index contributed by atoms with van der Waals surface area (Å²) < 4.78 is 4.91. The van der Waals surface area contributed by atoms with E-state index >= 15 is 0 Å². The molecule has 3 saturated heterocycles. The number of amides is 7. The largest absolute Gasteiger partial charge is 0.467 e. The number of hydrogen-bond acceptors (Lipinski definition) is 12. The van der Waals surface area contributed by atoms with Gasteiger partial charge in [-0.05, 0) is 69.0 Å². The Morgan fingerprint density at radius 1 is 0.742 bits per heavy atom. The fourth-order valence-corrected chi connectivity index (χ4v) is 8.44. The summed E-state index contributed by atoms with van der Waals surface area (Å²) in [6, 6.07) is 10.4. The smallest absolute Gasteiger partial charge is 0.328 e. The molecule has 11 N–H and O–H groups in total. The highest BCUT2D eigenvalue weighted by molar-refractivity contribution is 5.97. The standard InChI is InChI=1S/C45H63N11O10/c1-66-44(65)31(17-9-21-49-45(46)47)52-39(60)33(25-29-14-6-3-7-15-29)53-41(62)36-19-11-23-56(36)43(64)34(27-57)54-38(59)32(24-28-12-4-2-5-13-28)51-37(58)26-50-40(61)35-18-10-22-55(35)42(63)30-16-8-20-48-30/h2-7,12-15,30-36,48,57H,8-11,16-27H2,1H3,(H,50,61)(H,51,58)(H,52,60)(H,53,62)(H,54,59)(H4,46,47,49)/t30-,31-,32-,33-,34-,35-,36-/m0/s1. The molecule has 5 rings (SSSR count). The minimum Gasteiger partial charge on any atom is -0.467 e. The van der Waals surface area contributed by atoms with E-state index in [9.17, 15) is 43.5 Å². The number of aliphatic imine (C=N–C) groups is 1. The molecule has 66 heavy (non-hydrogen) atoms. The molecular formula is C45H63N11O10. The van der Waals surface area contributed by atoms with E-state index in [1.807, 2.05) is 0 Å². The molecule has 3 fully saturated rings. The van der Waals surface area contributed by atoms with Gasteiger partial charge in [0.2, 0.25) is 41.4 Å². The lowest BCUT2D eigenvalue weighted by Gasteiger charge is -2.30. The first-order valence-corrected chi connectivity index (χ1v) is 22.4. The molecule has 3 aliphatic rings. The number of benzene rings is 2. The Labute approximate surface area is 383 Å². The van der Waals surface area contributed by atoms with Gasteiger partial charge in [-0.1, -0.05) is 60.7 Å². The number of carbonyl (C=O) groups is 8. The molecule has 0 radical (unpaired) electrons. The van der Waals surface area contributed by atoms with Crippen LogP contribution in [0.4, 0.5) is 0 Å². The van der Waals surface area contributed by atoms with Crippen LogP contribution in [0.2, 0.25) is 0 Å². The van der Waals surface area contributed by atoms with E-state index in [0.717, 1.165) is 13.0 Å². The lowest BCUT2D eigenvalue weighted by Crippen LogP contribution is -2.60. The minimum atomic E-state index is -1.52. The maximum atomic E-state index is 14.1. The highest BCUT2D eigenvalue weighted by atomic mass is 16.5. The van der Waals surface area contributed by atoms with Gasteiger partial charge in [0.1, 0.15) is 36.3 Å². The van der Waals surface area contributed by atoms with E-state index in [-0.39, 0.29) is 56.7 Å². The van der Waals surface area contributed by atoms with Crippen LogP contribution in [0, 0.1) is 0 Å². The minimum absolute atomic E-state index is 0.00922. The van der Waals surface area contributed by atoms with Gasteiger partial charge in [0.25, 0.3) is 0 Å². The van der Waals surface area contributed by atoms with Gasteiger partial charge in [0, 0.05) is 32.5 Å². The predicted molar refractivity (Wildman–Crippen MR) is 241 cm³/mol. The van der Waals surface area contributed by atoms with Gasteiger partial charge >= 0.3 is 5.97 Å². The van der Waals surface area contributed by atoms with Crippen LogP contribution in [-0.4, -0.2) is 157 Å². The van der Waals surface area contributed by atoms with E-state index in [2.05, 4.69) is 36.9 Å². The molecule has 0 unspecified atom stereocenters. The Balaban J connectivity index is 1.23. The lowest BCUT2D eigenvalue weighted by atomic mass is 10.0. The molecule has 7 atom stereocenters. The molecule has 358 valence electrons. The van der Waals surface area contributed by atoms with Gasteiger partial charge in [0.05, 0.1) is 26.3 Å². The summed E-state index contributed by atoms with van der Waals surface area (Å²) in [5.41, 5.74) is 12.2. The molecule has 2 aromatic rings. The Bertz CT molecular complexity index is 2030. The van der Waals surface area contributed by atoms with Crippen LogP contribution in [-0.2, 0) is 55.9 Å². The van der Waals surface area contributed by atoms with Crippen LogP contribution < -0.4 is 43.4 Å². The molecule has 0 spiro atoms. The lowest BCUT2D eigenvalue weighted by molar-refractivity contribution is -0.146. The molecule has 0 bridgehead atoms. The molecule has 3 heterocycles. The zero-order chi connectivity index (χ0) is 47.6. The number of esters is 1. The first-order valence-electron chi connectivity index (χ1n) is 22.4. The number of rotatable bonds is 22. The molecule has 7 amide bonds. The van der Waals surface area contributed by atoms with Crippen molar-refractivity contribution in [2.75, 3.05) is 46.4 Å².